The SMILES string of the molecule is CCSC1CCCC1NC(=O)c1cccnc1Cl. The molecule has 5 heteroatoms. The largest absolute Gasteiger partial charge is 0.348 e. The number of aromatic nitrogens is 1. The molecule has 0 aliphatic heterocycles. The van der Waals surface area contributed by atoms with Crippen LogP contribution < -0.4 is 5.32 Å². The van der Waals surface area contributed by atoms with E-state index >= 15 is 0 Å². The van der Waals surface area contributed by atoms with E-state index in [2.05, 4.69) is 17.2 Å². The number of nitrogens with zero attached hydrogens (tertiary/aromatic N) is 1. The second kappa shape index (κ2) is 6.43. The highest BCUT2D eigenvalue weighted by molar-refractivity contribution is 7.99. The van der Waals surface area contributed by atoms with Gasteiger partial charge in [-0.3, -0.25) is 4.79 Å². The molecule has 0 spiro atoms. The van der Waals surface area contributed by atoms with Crippen molar-refractivity contribution in [3.8, 4) is 0 Å². The first-order chi connectivity index (χ1) is 8.72. The van der Waals surface area contributed by atoms with E-state index in [-0.39, 0.29) is 17.1 Å². The molecule has 2 unspecified atom stereocenters. The Morgan fingerprint density at radius 1 is 1.61 bits per heavy atom. The summed E-state index contributed by atoms with van der Waals surface area (Å²) in [6.07, 6.45) is 5.01. The van der Waals surface area contributed by atoms with E-state index in [1.165, 1.54) is 12.8 Å². The summed E-state index contributed by atoms with van der Waals surface area (Å²) in [5.41, 5.74) is 0.464. The fourth-order valence-corrected chi connectivity index (χ4v) is 3.71. The van der Waals surface area contributed by atoms with Crippen LogP contribution in [0.1, 0.15) is 36.5 Å². The molecule has 2 atom stereocenters. The van der Waals surface area contributed by atoms with Crippen LogP contribution >= 0.6 is 23.4 Å². The number of amides is 1. The van der Waals surface area contributed by atoms with Crippen molar-refractivity contribution < 1.29 is 4.79 Å². The van der Waals surface area contributed by atoms with Crippen molar-refractivity contribution in [1.29, 1.82) is 0 Å². The Balaban J connectivity index is 2.01. The molecule has 2 rings (SSSR count). The van der Waals surface area contributed by atoms with Gasteiger partial charge in [-0.05, 0) is 30.7 Å². The van der Waals surface area contributed by atoms with Gasteiger partial charge in [-0.2, -0.15) is 11.8 Å². The minimum absolute atomic E-state index is 0.110. The maximum absolute atomic E-state index is 12.1. The van der Waals surface area contributed by atoms with Crippen LogP contribution in [0.2, 0.25) is 5.15 Å². The summed E-state index contributed by atoms with van der Waals surface area (Å²) in [5.74, 6) is 0.978. The van der Waals surface area contributed by atoms with Gasteiger partial charge >= 0.3 is 0 Å². The smallest absolute Gasteiger partial charge is 0.254 e. The number of nitrogens with one attached hydrogen (secondary N) is 1. The molecule has 1 heterocycles. The van der Waals surface area contributed by atoms with Crippen LogP contribution in [0.3, 0.4) is 0 Å². The summed E-state index contributed by atoms with van der Waals surface area (Å²) in [5, 5.41) is 3.89. The van der Waals surface area contributed by atoms with Crippen molar-refractivity contribution in [3.63, 3.8) is 0 Å². The Labute approximate surface area is 117 Å². The van der Waals surface area contributed by atoms with Gasteiger partial charge in [-0.1, -0.05) is 24.9 Å². The molecule has 1 aromatic heterocycles. The lowest BCUT2D eigenvalue weighted by atomic mass is 10.2. The third-order valence-electron chi connectivity index (χ3n) is 3.15. The standard InChI is InChI=1S/C13H17ClN2OS/c1-2-18-11-7-3-6-10(11)16-13(17)9-5-4-8-15-12(9)14/h4-5,8,10-11H,2-3,6-7H2,1H3,(H,16,17). The Bertz CT molecular complexity index is 427. The Kier molecular flexibility index (Phi) is 4.89. The van der Waals surface area contributed by atoms with Crippen molar-refractivity contribution in [2.75, 3.05) is 5.75 Å². The molecule has 0 radical (unpaired) electrons. The van der Waals surface area contributed by atoms with E-state index in [1.807, 2.05) is 11.8 Å². The maximum Gasteiger partial charge on any atom is 0.254 e. The number of carbonyl (C=O) groups excluding carboxylic acids is 1. The minimum atomic E-state index is -0.110. The van der Waals surface area contributed by atoms with Crippen LogP contribution in [0.5, 0.6) is 0 Å². The molecule has 0 bridgehead atoms. The van der Waals surface area contributed by atoms with Crippen LogP contribution in [0.4, 0.5) is 0 Å². The van der Waals surface area contributed by atoms with Crippen molar-refractivity contribution in [2.24, 2.45) is 0 Å². The number of halogens is 1. The summed E-state index contributed by atoms with van der Waals surface area (Å²) >= 11 is 7.85. The highest BCUT2D eigenvalue weighted by Gasteiger charge is 2.29. The summed E-state index contributed by atoms with van der Waals surface area (Å²) in [6.45, 7) is 2.15. The highest BCUT2D eigenvalue weighted by atomic mass is 35.5. The van der Waals surface area contributed by atoms with Crippen LogP contribution in [0.25, 0.3) is 0 Å². The summed E-state index contributed by atoms with van der Waals surface area (Å²) in [4.78, 5) is 16.1. The van der Waals surface area contributed by atoms with E-state index in [0.29, 0.717) is 10.8 Å². The molecular formula is C13H17ClN2OS. The van der Waals surface area contributed by atoms with Gasteiger partial charge in [0, 0.05) is 17.5 Å². The average molecular weight is 285 g/mol. The second-order valence-electron chi connectivity index (χ2n) is 4.35. The topological polar surface area (TPSA) is 42.0 Å². The van der Waals surface area contributed by atoms with E-state index < -0.39 is 0 Å². The molecule has 98 valence electrons. The zero-order valence-electron chi connectivity index (χ0n) is 10.4. The van der Waals surface area contributed by atoms with Crippen LogP contribution in [0.15, 0.2) is 18.3 Å². The maximum atomic E-state index is 12.1. The van der Waals surface area contributed by atoms with Gasteiger partial charge in [0.05, 0.1) is 5.56 Å². The number of rotatable bonds is 4. The van der Waals surface area contributed by atoms with Gasteiger partial charge in [0.1, 0.15) is 5.15 Å². The molecule has 0 aromatic carbocycles. The van der Waals surface area contributed by atoms with Crippen molar-refractivity contribution >= 4 is 29.3 Å². The molecular weight excluding hydrogens is 268 g/mol. The van der Waals surface area contributed by atoms with Crippen molar-refractivity contribution in [1.82, 2.24) is 10.3 Å². The first kappa shape index (κ1) is 13.7. The minimum Gasteiger partial charge on any atom is -0.348 e. The molecule has 1 fully saturated rings. The normalized spacial score (nSPS) is 23.0. The zero-order valence-corrected chi connectivity index (χ0v) is 11.9. The molecule has 1 aromatic rings. The first-order valence-electron chi connectivity index (χ1n) is 6.25. The van der Waals surface area contributed by atoms with Gasteiger partial charge in [0.15, 0.2) is 0 Å². The number of hydrogen-bond acceptors (Lipinski definition) is 3. The van der Waals surface area contributed by atoms with E-state index in [4.69, 9.17) is 11.6 Å². The lowest BCUT2D eigenvalue weighted by Crippen LogP contribution is -2.39. The quantitative estimate of drug-likeness (QED) is 0.864. The Morgan fingerprint density at radius 2 is 2.44 bits per heavy atom. The highest BCUT2D eigenvalue weighted by Crippen LogP contribution is 2.30. The second-order valence-corrected chi connectivity index (χ2v) is 6.22. The number of carbonyl (C=O) groups is 1. The molecule has 3 nitrogen and oxygen atoms in total. The van der Waals surface area contributed by atoms with Crippen LogP contribution in [-0.4, -0.2) is 27.9 Å². The molecule has 18 heavy (non-hydrogen) atoms. The van der Waals surface area contributed by atoms with Crippen LogP contribution in [0, 0.1) is 0 Å². The number of pyridine rings is 1. The molecule has 1 aliphatic rings. The van der Waals surface area contributed by atoms with Crippen LogP contribution in [-0.2, 0) is 0 Å². The lowest BCUT2D eigenvalue weighted by Gasteiger charge is -2.20. The summed E-state index contributed by atoms with van der Waals surface area (Å²) in [7, 11) is 0. The zero-order chi connectivity index (χ0) is 13.0. The summed E-state index contributed by atoms with van der Waals surface area (Å²) < 4.78 is 0. The van der Waals surface area contributed by atoms with E-state index in [9.17, 15) is 4.79 Å². The molecule has 0 saturated heterocycles. The Morgan fingerprint density at radius 3 is 3.17 bits per heavy atom. The molecule has 1 saturated carbocycles. The fourth-order valence-electron chi connectivity index (χ4n) is 2.31. The van der Waals surface area contributed by atoms with E-state index in [0.717, 1.165) is 12.2 Å². The average Bonchev–Trinajstić information content (AvgIpc) is 2.78. The Hall–Kier alpha value is -0.740. The third-order valence-corrected chi connectivity index (χ3v) is 4.78. The van der Waals surface area contributed by atoms with E-state index in [1.54, 1.807) is 18.3 Å². The predicted octanol–water partition coefficient (Wildman–Crippen LogP) is 3.14. The molecule has 1 amide bonds. The van der Waals surface area contributed by atoms with Gasteiger partial charge in [-0.25, -0.2) is 4.98 Å². The summed E-state index contributed by atoms with van der Waals surface area (Å²) in [6, 6.07) is 3.70. The fraction of sp³-hybridized carbons (Fsp3) is 0.538. The molecule has 1 N–H and O–H groups in total. The van der Waals surface area contributed by atoms with Crippen molar-refractivity contribution in [3.05, 3.63) is 29.0 Å². The third kappa shape index (κ3) is 3.18. The predicted molar refractivity (Wildman–Crippen MR) is 76.3 cm³/mol. The van der Waals surface area contributed by atoms with Gasteiger partial charge in [0.2, 0.25) is 0 Å². The number of hydrogen-bond donors (Lipinski definition) is 1. The van der Waals surface area contributed by atoms with Gasteiger partial charge in [-0.15, -0.1) is 0 Å². The lowest BCUT2D eigenvalue weighted by molar-refractivity contribution is 0.0938. The number of thioether (sulfide) groups is 1. The monoisotopic (exact) mass is 284 g/mol. The van der Waals surface area contributed by atoms with Gasteiger partial charge in [0.25, 0.3) is 5.91 Å². The first-order valence-corrected chi connectivity index (χ1v) is 7.68. The van der Waals surface area contributed by atoms with Crippen molar-refractivity contribution in [2.45, 2.75) is 37.5 Å². The van der Waals surface area contributed by atoms with Gasteiger partial charge < -0.3 is 5.32 Å². The molecule has 1 aliphatic carbocycles.